The number of hydrogen-bond donors (Lipinski definition) is 3. The quantitative estimate of drug-likeness (QED) is 0.0222. The third kappa shape index (κ3) is 69.0. The molecular formula is C76H148O17P2. The zero-order chi connectivity index (χ0) is 70.3. The molecule has 0 rings (SSSR count). The van der Waals surface area contributed by atoms with Crippen LogP contribution < -0.4 is 0 Å². The van der Waals surface area contributed by atoms with Crippen molar-refractivity contribution in [1.82, 2.24) is 0 Å². The Balaban J connectivity index is 5.16. The Kier molecular flexibility index (Phi) is 64.0. The van der Waals surface area contributed by atoms with E-state index in [1.807, 2.05) is 0 Å². The molecule has 4 unspecified atom stereocenters. The fourth-order valence-electron chi connectivity index (χ4n) is 11.5. The van der Waals surface area contributed by atoms with Gasteiger partial charge in [-0.2, -0.15) is 0 Å². The first-order chi connectivity index (χ1) is 45.6. The number of phosphoric acid groups is 2. The number of aliphatic hydroxyl groups is 1. The highest BCUT2D eigenvalue weighted by Crippen LogP contribution is 2.45. The summed E-state index contributed by atoms with van der Waals surface area (Å²) in [6.45, 7) is 14.1. The highest BCUT2D eigenvalue weighted by molar-refractivity contribution is 7.47. The fourth-order valence-corrected chi connectivity index (χ4v) is 13.1. The maximum atomic E-state index is 13.0. The van der Waals surface area contributed by atoms with Gasteiger partial charge in [0.2, 0.25) is 0 Å². The average Bonchev–Trinajstić information content (AvgIpc) is 1.44. The summed E-state index contributed by atoms with van der Waals surface area (Å²) < 4.78 is 68.4. The third-order valence-electron chi connectivity index (χ3n) is 17.9. The summed E-state index contributed by atoms with van der Waals surface area (Å²) in [5.74, 6) is 0.888. The number of ether oxygens (including phenoxy) is 4. The number of rotatable bonds is 73. The van der Waals surface area contributed by atoms with E-state index < -0.39 is 97.5 Å². The number of unbranched alkanes of at least 4 members (excludes halogenated alkanes) is 38. The van der Waals surface area contributed by atoms with Crippen molar-refractivity contribution < 1.29 is 80.2 Å². The van der Waals surface area contributed by atoms with Crippen LogP contribution in [0.1, 0.15) is 383 Å². The van der Waals surface area contributed by atoms with E-state index in [4.69, 9.17) is 37.0 Å². The summed E-state index contributed by atoms with van der Waals surface area (Å²) in [4.78, 5) is 72.7. The van der Waals surface area contributed by atoms with E-state index >= 15 is 0 Å². The summed E-state index contributed by atoms with van der Waals surface area (Å²) in [7, 11) is -9.91. The molecule has 17 nitrogen and oxygen atoms in total. The van der Waals surface area contributed by atoms with Crippen LogP contribution in [0.4, 0.5) is 0 Å². The first kappa shape index (κ1) is 93.1. The SMILES string of the molecule is CCC(C)CCCCCCCCCCCCCCCCC(=O)O[C@H](COC(=O)CCCCCCCCC(C)C)COP(=O)(O)OCC(O)COP(=O)(O)OC[C@@H](COC(=O)CCCCCCCCC(C)C)OC(=O)CCCCCCCCCCCCCCCCCCC(C)C. The zero-order valence-electron chi connectivity index (χ0n) is 62.3. The van der Waals surface area contributed by atoms with Gasteiger partial charge in [-0.1, -0.05) is 331 Å². The van der Waals surface area contributed by atoms with Crippen molar-refractivity contribution in [2.24, 2.45) is 23.7 Å². The predicted octanol–water partition coefficient (Wildman–Crippen LogP) is 22.0. The van der Waals surface area contributed by atoms with E-state index in [1.54, 1.807) is 0 Å². The second-order valence-electron chi connectivity index (χ2n) is 29.1. The molecule has 3 N–H and O–H groups in total. The van der Waals surface area contributed by atoms with Crippen LogP contribution in [-0.2, 0) is 65.4 Å². The lowest BCUT2D eigenvalue weighted by atomic mass is 9.99. The minimum Gasteiger partial charge on any atom is -0.462 e. The fraction of sp³-hybridized carbons (Fsp3) is 0.947. The van der Waals surface area contributed by atoms with E-state index in [0.29, 0.717) is 37.5 Å². The Bertz CT molecular complexity index is 1870. The van der Waals surface area contributed by atoms with Gasteiger partial charge in [0.15, 0.2) is 12.2 Å². The lowest BCUT2D eigenvalue weighted by Gasteiger charge is -2.21. The van der Waals surface area contributed by atoms with Gasteiger partial charge in [0.25, 0.3) is 0 Å². The molecule has 6 atom stereocenters. The van der Waals surface area contributed by atoms with Crippen molar-refractivity contribution in [3.05, 3.63) is 0 Å². The van der Waals surface area contributed by atoms with Gasteiger partial charge in [-0.3, -0.25) is 37.3 Å². The zero-order valence-corrected chi connectivity index (χ0v) is 64.1. The number of phosphoric ester groups is 2. The summed E-state index contributed by atoms with van der Waals surface area (Å²) in [6, 6.07) is 0. The van der Waals surface area contributed by atoms with Crippen LogP contribution in [0.25, 0.3) is 0 Å². The van der Waals surface area contributed by atoms with Crippen molar-refractivity contribution >= 4 is 39.5 Å². The third-order valence-corrected chi connectivity index (χ3v) is 19.8. The van der Waals surface area contributed by atoms with Crippen molar-refractivity contribution in [3.8, 4) is 0 Å². The molecule has 19 heteroatoms. The van der Waals surface area contributed by atoms with Gasteiger partial charge in [0, 0.05) is 25.7 Å². The normalized spacial score (nSPS) is 14.4. The van der Waals surface area contributed by atoms with Gasteiger partial charge >= 0.3 is 39.5 Å². The van der Waals surface area contributed by atoms with Crippen LogP contribution in [0.5, 0.6) is 0 Å². The second kappa shape index (κ2) is 65.4. The van der Waals surface area contributed by atoms with Crippen LogP contribution in [-0.4, -0.2) is 96.7 Å². The Labute approximate surface area is 581 Å². The molecule has 0 aromatic carbocycles. The van der Waals surface area contributed by atoms with Crippen LogP contribution in [0.3, 0.4) is 0 Å². The van der Waals surface area contributed by atoms with Crippen LogP contribution >= 0.6 is 15.6 Å². The summed E-state index contributed by atoms with van der Waals surface area (Å²) in [5.41, 5.74) is 0. The second-order valence-corrected chi connectivity index (χ2v) is 32.0. The van der Waals surface area contributed by atoms with Gasteiger partial charge in [0.05, 0.1) is 26.4 Å². The molecule has 0 amide bonds. The molecule has 0 aliphatic heterocycles. The van der Waals surface area contributed by atoms with Crippen LogP contribution in [0.15, 0.2) is 0 Å². The molecule has 0 saturated carbocycles. The molecule has 0 aliphatic carbocycles. The smallest absolute Gasteiger partial charge is 0.462 e. The molecule has 0 aliphatic rings. The number of carbonyl (C=O) groups is 4. The largest absolute Gasteiger partial charge is 0.472 e. The molecule has 0 fully saturated rings. The van der Waals surface area contributed by atoms with E-state index in [-0.39, 0.29) is 25.7 Å². The first-order valence-electron chi connectivity index (χ1n) is 39.2. The highest BCUT2D eigenvalue weighted by atomic mass is 31.2. The molecule has 0 aromatic rings. The summed E-state index contributed by atoms with van der Waals surface area (Å²) in [5, 5.41) is 10.6. The Morgan fingerprint density at radius 1 is 0.295 bits per heavy atom. The molecule has 0 aromatic heterocycles. The van der Waals surface area contributed by atoms with Gasteiger partial charge in [-0.15, -0.1) is 0 Å². The van der Waals surface area contributed by atoms with Gasteiger partial charge < -0.3 is 33.8 Å². The molecule has 564 valence electrons. The molecule has 0 heterocycles. The number of carbonyl (C=O) groups excluding carboxylic acids is 4. The number of esters is 4. The molecular weight excluding hydrogens is 1250 g/mol. The van der Waals surface area contributed by atoms with Crippen LogP contribution in [0.2, 0.25) is 0 Å². The topological polar surface area (TPSA) is 237 Å². The van der Waals surface area contributed by atoms with Gasteiger partial charge in [0.1, 0.15) is 19.3 Å². The van der Waals surface area contributed by atoms with E-state index in [2.05, 4.69) is 55.4 Å². The van der Waals surface area contributed by atoms with Crippen molar-refractivity contribution in [3.63, 3.8) is 0 Å². The van der Waals surface area contributed by atoms with Crippen molar-refractivity contribution in [2.45, 2.75) is 401 Å². The molecule has 0 spiro atoms. The molecule has 0 saturated heterocycles. The average molecular weight is 1400 g/mol. The lowest BCUT2D eigenvalue weighted by molar-refractivity contribution is -0.161. The van der Waals surface area contributed by atoms with E-state index in [9.17, 15) is 43.2 Å². The minimum absolute atomic E-state index is 0.106. The summed E-state index contributed by atoms with van der Waals surface area (Å²) in [6.07, 6.45) is 50.3. The molecule has 95 heavy (non-hydrogen) atoms. The maximum Gasteiger partial charge on any atom is 0.472 e. The first-order valence-corrected chi connectivity index (χ1v) is 42.2. The predicted molar refractivity (Wildman–Crippen MR) is 386 cm³/mol. The Morgan fingerprint density at radius 3 is 0.747 bits per heavy atom. The Hall–Kier alpha value is -1.94. The van der Waals surface area contributed by atoms with Crippen molar-refractivity contribution in [1.29, 1.82) is 0 Å². The number of aliphatic hydroxyl groups excluding tert-OH is 1. The minimum atomic E-state index is -4.96. The summed E-state index contributed by atoms with van der Waals surface area (Å²) >= 11 is 0. The Morgan fingerprint density at radius 2 is 0.505 bits per heavy atom. The maximum absolute atomic E-state index is 13.0. The van der Waals surface area contributed by atoms with Crippen LogP contribution in [0, 0.1) is 23.7 Å². The number of hydrogen-bond acceptors (Lipinski definition) is 15. The highest BCUT2D eigenvalue weighted by Gasteiger charge is 2.30. The lowest BCUT2D eigenvalue weighted by Crippen LogP contribution is -2.30. The van der Waals surface area contributed by atoms with E-state index in [0.717, 1.165) is 115 Å². The van der Waals surface area contributed by atoms with Gasteiger partial charge in [-0.25, -0.2) is 9.13 Å². The van der Waals surface area contributed by atoms with Crippen molar-refractivity contribution in [2.75, 3.05) is 39.6 Å². The molecule has 0 radical (unpaired) electrons. The monoisotopic (exact) mass is 1400 g/mol. The molecule has 0 bridgehead atoms. The standard InChI is InChI=1S/C76H148O17P2/c1-9-69(8)55-47-39-29-25-21-17-14-15-19-23-27-31-43-51-59-76(81)93-72(63-87-74(79)57-49-41-35-33-38-46-54-68(6)7)65-91-95(84,85)89-61-70(77)60-88-94(82,83)90-64-71(62-86-73(78)56-48-40-34-32-37-45-53-67(4)5)92-75(80)58-50-42-30-26-22-18-13-11-10-12-16-20-24-28-36-44-52-66(2)3/h66-72,77H,9-65H2,1-8H3,(H,82,83)(H,84,85)/t69?,70?,71-,72-/m1/s1. The van der Waals surface area contributed by atoms with Gasteiger partial charge in [-0.05, 0) is 49.4 Å². The van der Waals surface area contributed by atoms with E-state index in [1.165, 1.54) is 173 Å².